The third-order valence-electron chi connectivity index (χ3n) is 6.77. The lowest BCUT2D eigenvalue weighted by Gasteiger charge is -2.48. The summed E-state index contributed by atoms with van der Waals surface area (Å²) in [7, 11) is 1.67. The van der Waals surface area contributed by atoms with Crippen molar-refractivity contribution in [3.63, 3.8) is 0 Å². The molecular formula is C21H32O3. The Hall–Kier alpha value is -1.09. The van der Waals surface area contributed by atoms with Gasteiger partial charge >= 0.3 is 5.97 Å². The first-order valence-corrected chi connectivity index (χ1v) is 9.49. The summed E-state index contributed by atoms with van der Waals surface area (Å²) >= 11 is 0. The standard InChI is InChI=1S/C21H32O3/c1-14(2)7-6-8-15(3)16-9-10-17-18-13-19(22)24-21(18,23-5)12-11-20(16,17)4/h6,8,13-17H,7,9-12H2,1-5H3/b8-6+/t15-,16-,17?,20-,21+/m1/s1. The molecule has 0 aromatic rings. The van der Waals surface area contributed by atoms with Crippen LogP contribution in [0.5, 0.6) is 0 Å². The third kappa shape index (κ3) is 2.75. The van der Waals surface area contributed by atoms with E-state index in [0.717, 1.165) is 31.3 Å². The van der Waals surface area contributed by atoms with Gasteiger partial charge in [-0.15, -0.1) is 0 Å². The van der Waals surface area contributed by atoms with E-state index in [-0.39, 0.29) is 11.4 Å². The lowest BCUT2D eigenvalue weighted by Crippen LogP contribution is -2.47. The van der Waals surface area contributed by atoms with Gasteiger partial charge in [-0.1, -0.05) is 39.8 Å². The van der Waals surface area contributed by atoms with Crippen molar-refractivity contribution >= 4 is 5.97 Å². The van der Waals surface area contributed by atoms with E-state index >= 15 is 0 Å². The second-order valence-corrected chi connectivity index (χ2v) is 8.64. The van der Waals surface area contributed by atoms with Crippen molar-refractivity contribution in [1.82, 2.24) is 0 Å². The normalized spacial score (nSPS) is 39.8. The second kappa shape index (κ2) is 6.33. The topological polar surface area (TPSA) is 35.5 Å². The number of rotatable bonds is 5. The summed E-state index contributed by atoms with van der Waals surface area (Å²) in [5, 5.41) is 0. The molecule has 0 radical (unpaired) electrons. The van der Waals surface area contributed by atoms with Gasteiger partial charge < -0.3 is 9.47 Å². The zero-order valence-electron chi connectivity index (χ0n) is 15.8. The summed E-state index contributed by atoms with van der Waals surface area (Å²) in [4.78, 5) is 11.9. The molecule has 3 rings (SSSR count). The van der Waals surface area contributed by atoms with E-state index in [4.69, 9.17) is 9.47 Å². The third-order valence-corrected chi connectivity index (χ3v) is 6.77. The molecule has 0 aromatic heterocycles. The number of fused-ring (bicyclic) bond motifs is 3. The molecule has 24 heavy (non-hydrogen) atoms. The Morgan fingerprint density at radius 1 is 1.33 bits per heavy atom. The van der Waals surface area contributed by atoms with Gasteiger partial charge in [0.2, 0.25) is 5.79 Å². The Morgan fingerprint density at radius 2 is 2.08 bits per heavy atom. The van der Waals surface area contributed by atoms with Crippen LogP contribution in [0.4, 0.5) is 0 Å². The molecule has 0 saturated heterocycles. The van der Waals surface area contributed by atoms with E-state index in [1.807, 2.05) is 0 Å². The molecule has 1 heterocycles. The van der Waals surface area contributed by atoms with Gasteiger partial charge in [-0.25, -0.2) is 4.79 Å². The molecule has 2 aliphatic carbocycles. The highest BCUT2D eigenvalue weighted by Crippen LogP contribution is 2.63. The summed E-state index contributed by atoms with van der Waals surface area (Å²) < 4.78 is 11.3. The van der Waals surface area contributed by atoms with E-state index < -0.39 is 5.79 Å². The van der Waals surface area contributed by atoms with Gasteiger partial charge in [-0.05, 0) is 54.8 Å². The number of methoxy groups -OCH3 is 1. The predicted octanol–water partition coefficient (Wildman–Crippen LogP) is 4.88. The number of ether oxygens (including phenoxy) is 2. The number of carbonyl (C=O) groups excluding carboxylic acids is 1. The molecule has 134 valence electrons. The van der Waals surface area contributed by atoms with Crippen LogP contribution in [-0.4, -0.2) is 18.9 Å². The van der Waals surface area contributed by atoms with Crippen LogP contribution in [0.25, 0.3) is 0 Å². The largest absolute Gasteiger partial charge is 0.426 e. The molecule has 2 fully saturated rings. The molecule has 3 heteroatoms. The van der Waals surface area contributed by atoms with Crippen LogP contribution >= 0.6 is 0 Å². The highest BCUT2D eigenvalue weighted by Gasteiger charge is 2.60. The Bertz CT molecular complexity index is 561. The number of hydrogen-bond acceptors (Lipinski definition) is 3. The van der Waals surface area contributed by atoms with E-state index in [1.165, 1.54) is 6.42 Å². The molecule has 3 aliphatic rings. The van der Waals surface area contributed by atoms with Crippen molar-refractivity contribution in [2.45, 2.75) is 65.6 Å². The SMILES string of the molecule is CO[C@]12CC[C@@]3(C)C(CC[C@@H]3[C@H](C)/C=C/CC(C)C)C1=CC(=O)O2. The van der Waals surface area contributed by atoms with Crippen molar-refractivity contribution in [2.75, 3.05) is 7.11 Å². The quantitative estimate of drug-likeness (QED) is 0.532. The Morgan fingerprint density at radius 3 is 2.75 bits per heavy atom. The maximum atomic E-state index is 11.9. The van der Waals surface area contributed by atoms with Crippen LogP contribution in [0.15, 0.2) is 23.8 Å². The van der Waals surface area contributed by atoms with Crippen molar-refractivity contribution in [2.24, 2.45) is 29.1 Å². The minimum atomic E-state index is -0.771. The van der Waals surface area contributed by atoms with Gasteiger partial charge in [0.1, 0.15) is 0 Å². The van der Waals surface area contributed by atoms with Crippen molar-refractivity contribution in [3.8, 4) is 0 Å². The fraction of sp³-hybridized carbons (Fsp3) is 0.762. The van der Waals surface area contributed by atoms with E-state index in [2.05, 4.69) is 39.8 Å². The first-order chi connectivity index (χ1) is 11.3. The van der Waals surface area contributed by atoms with Crippen LogP contribution < -0.4 is 0 Å². The lowest BCUT2D eigenvalue weighted by molar-refractivity contribution is -0.208. The average molecular weight is 332 g/mol. The molecule has 2 saturated carbocycles. The molecule has 0 aromatic carbocycles. The van der Waals surface area contributed by atoms with Gasteiger partial charge in [-0.3, -0.25) is 0 Å². The molecule has 5 atom stereocenters. The zero-order chi connectivity index (χ0) is 17.5. The van der Waals surface area contributed by atoms with Crippen molar-refractivity contribution in [1.29, 1.82) is 0 Å². The highest BCUT2D eigenvalue weighted by atomic mass is 16.7. The van der Waals surface area contributed by atoms with Crippen molar-refractivity contribution in [3.05, 3.63) is 23.8 Å². The van der Waals surface area contributed by atoms with Gasteiger partial charge in [0.05, 0.1) is 0 Å². The molecule has 1 aliphatic heterocycles. The predicted molar refractivity (Wildman–Crippen MR) is 95.2 cm³/mol. The van der Waals surface area contributed by atoms with Gasteiger partial charge in [-0.2, -0.15) is 0 Å². The molecule has 0 bridgehead atoms. The summed E-state index contributed by atoms with van der Waals surface area (Å²) in [6, 6.07) is 0. The summed E-state index contributed by atoms with van der Waals surface area (Å²) in [5.74, 6) is 1.36. The minimum absolute atomic E-state index is 0.232. The van der Waals surface area contributed by atoms with Crippen LogP contribution in [0.3, 0.4) is 0 Å². The molecule has 1 unspecified atom stereocenters. The van der Waals surface area contributed by atoms with Gasteiger partial charge in [0.25, 0.3) is 0 Å². The maximum Gasteiger partial charge on any atom is 0.333 e. The maximum absolute atomic E-state index is 11.9. The molecule has 3 nitrogen and oxygen atoms in total. The molecular weight excluding hydrogens is 300 g/mol. The van der Waals surface area contributed by atoms with E-state index in [1.54, 1.807) is 13.2 Å². The van der Waals surface area contributed by atoms with Crippen molar-refractivity contribution < 1.29 is 14.3 Å². The highest BCUT2D eigenvalue weighted by molar-refractivity contribution is 5.86. The fourth-order valence-corrected chi connectivity index (χ4v) is 5.44. The first-order valence-electron chi connectivity index (χ1n) is 9.49. The smallest absolute Gasteiger partial charge is 0.333 e. The summed E-state index contributed by atoms with van der Waals surface area (Å²) in [6.45, 7) is 9.30. The Balaban J connectivity index is 1.81. The summed E-state index contributed by atoms with van der Waals surface area (Å²) in [5.41, 5.74) is 1.34. The fourth-order valence-electron chi connectivity index (χ4n) is 5.44. The monoisotopic (exact) mass is 332 g/mol. The first kappa shape index (κ1) is 17.7. The van der Waals surface area contributed by atoms with E-state index in [0.29, 0.717) is 23.7 Å². The second-order valence-electron chi connectivity index (χ2n) is 8.64. The van der Waals surface area contributed by atoms with E-state index in [9.17, 15) is 4.79 Å². The van der Waals surface area contributed by atoms with Gasteiger partial charge in [0.15, 0.2) is 0 Å². The number of allylic oxidation sites excluding steroid dienone is 2. The van der Waals surface area contributed by atoms with Crippen LogP contribution in [0.1, 0.15) is 59.8 Å². The van der Waals surface area contributed by atoms with Crippen LogP contribution in [-0.2, 0) is 14.3 Å². The molecule has 0 spiro atoms. The number of hydrogen-bond donors (Lipinski definition) is 0. The molecule has 0 amide bonds. The average Bonchev–Trinajstić information content (AvgIpc) is 3.03. The minimum Gasteiger partial charge on any atom is -0.426 e. The molecule has 0 N–H and O–H groups in total. The zero-order valence-corrected chi connectivity index (χ0v) is 15.8. The van der Waals surface area contributed by atoms with Gasteiger partial charge in [0, 0.05) is 25.2 Å². The Kier molecular flexibility index (Phi) is 4.67. The number of carbonyl (C=O) groups is 1. The lowest BCUT2D eigenvalue weighted by atomic mass is 9.60. The van der Waals surface area contributed by atoms with Crippen LogP contribution in [0.2, 0.25) is 0 Å². The van der Waals surface area contributed by atoms with Crippen LogP contribution in [0, 0.1) is 29.1 Å². The Labute approximate surface area is 146 Å². The summed E-state index contributed by atoms with van der Waals surface area (Å²) in [6.07, 6.45) is 11.8. The number of esters is 1.